The van der Waals surface area contributed by atoms with Crippen LogP contribution in [0.15, 0.2) is 51.4 Å². The van der Waals surface area contributed by atoms with Gasteiger partial charge in [-0.1, -0.05) is 56.1 Å². The van der Waals surface area contributed by atoms with Gasteiger partial charge in [0.25, 0.3) is 0 Å². The van der Waals surface area contributed by atoms with Crippen molar-refractivity contribution in [2.75, 3.05) is 0 Å². The van der Waals surface area contributed by atoms with Crippen molar-refractivity contribution >= 4 is 49.8 Å². The lowest BCUT2D eigenvalue weighted by Crippen LogP contribution is -1.89. The fourth-order valence-electron chi connectivity index (χ4n) is 1.77. The molecule has 1 nitrogen and oxygen atoms in total. The lowest BCUT2D eigenvalue weighted by Gasteiger charge is -2.06. The number of rotatable bonds is 3. The average molecular weight is 379 g/mol. The zero-order valence-corrected chi connectivity index (χ0v) is 13.5. The van der Waals surface area contributed by atoms with E-state index in [2.05, 4.69) is 31.9 Å². The summed E-state index contributed by atoms with van der Waals surface area (Å²) in [5.74, 6) is 0. The molecular weight excluding hydrogens is 368 g/mol. The Morgan fingerprint density at radius 1 is 1.16 bits per heavy atom. The van der Waals surface area contributed by atoms with Gasteiger partial charge in [0.05, 0.1) is 0 Å². The molecule has 0 N–H and O–H groups in total. The molecule has 3 heteroatoms. The van der Waals surface area contributed by atoms with Crippen molar-refractivity contribution in [2.24, 2.45) is 0 Å². The van der Waals surface area contributed by atoms with Gasteiger partial charge >= 0.3 is 0 Å². The average Bonchev–Trinajstić information content (AvgIpc) is 2.41. The highest BCUT2D eigenvalue weighted by molar-refractivity contribution is 9.11. The van der Waals surface area contributed by atoms with Gasteiger partial charge in [0.15, 0.2) is 0 Å². The summed E-state index contributed by atoms with van der Waals surface area (Å²) in [4.78, 5) is 11.3. The summed E-state index contributed by atoms with van der Waals surface area (Å²) < 4.78 is 1.80. The van der Waals surface area contributed by atoms with E-state index in [4.69, 9.17) is 0 Å². The third-order valence-electron chi connectivity index (χ3n) is 2.82. The maximum Gasteiger partial charge on any atom is 0.234 e. The zero-order valence-electron chi connectivity index (χ0n) is 10.3. The molecule has 0 amide bonds. The van der Waals surface area contributed by atoms with Crippen molar-refractivity contribution in [1.29, 1.82) is 0 Å². The third kappa shape index (κ3) is 3.43. The van der Waals surface area contributed by atoms with Crippen LogP contribution in [0, 0.1) is 6.92 Å². The van der Waals surface area contributed by atoms with E-state index in [-0.39, 0.29) is 0 Å². The number of benzene rings is 2. The summed E-state index contributed by atoms with van der Waals surface area (Å²) in [6.45, 7) is 2.02. The minimum Gasteiger partial charge on any atom is -0.285 e. The predicted molar refractivity (Wildman–Crippen MR) is 86.6 cm³/mol. The predicted octanol–water partition coefficient (Wildman–Crippen LogP) is 5.17. The van der Waals surface area contributed by atoms with Gasteiger partial charge in [0, 0.05) is 20.1 Å². The molecule has 2 aromatic carbocycles. The molecule has 19 heavy (non-hydrogen) atoms. The number of hydrogen-bond donors (Lipinski definition) is 0. The first-order chi connectivity index (χ1) is 9.11. The zero-order chi connectivity index (χ0) is 13.8. The molecule has 1 radical (unpaired) electrons. The summed E-state index contributed by atoms with van der Waals surface area (Å²) in [7, 11) is 0. The SMILES string of the molecule is Cc1ccccc1C=C([C]=O)c1cc(Br)ccc1Br. The second-order valence-corrected chi connectivity index (χ2v) is 5.91. The molecule has 0 aliphatic heterocycles. The van der Waals surface area contributed by atoms with E-state index in [1.807, 2.05) is 61.8 Å². The van der Waals surface area contributed by atoms with Crippen molar-refractivity contribution in [2.45, 2.75) is 6.92 Å². The van der Waals surface area contributed by atoms with E-state index >= 15 is 0 Å². The number of hydrogen-bond acceptors (Lipinski definition) is 1. The standard InChI is InChI=1S/C16H11Br2O/c1-11-4-2-3-5-12(11)8-13(10-19)15-9-14(17)6-7-16(15)18/h2-9H,1H3. The van der Waals surface area contributed by atoms with E-state index in [0.29, 0.717) is 5.57 Å². The second kappa shape index (κ2) is 6.31. The highest BCUT2D eigenvalue weighted by atomic mass is 79.9. The van der Waals surface area contributed by atoms with Crippen LogP contribution in [0.2, 0.25) is 0 Å². The van der Waals surface area contributed by atoms with Gasteiger partial charge in [-0.25, -0.2) is 0 Å². The molecule has 2 aromatic rings. The van der Waals surface area contributed by atoms with Crippen molar-refractivity contribution in [3.8, 4) is 0 Å². The van der Waals surface area contributed by atoms with E-state index in [0.717, 1.165) is 25.6 Å². The summed E-state index contributed by atoms with van der Waals surface area (Å²) in [6.07, 6.45) is 3.88. The first kappa shape index (κ1) is 14.2. The Labute approximate surface area is 129 Å². The highest BCUT2D eigenvalue weighted by Gasteiger charge is 2.08. The molecule has 0 saturated heterocycles. The first-order valence-electron chi connectivity index (χ1n) is 5.72. The minimum absolute atomic E-state index is 0.530. The molecule has 0 atom stereocenters. The summed E-state index contributed by atoms with van der Waals surface area (Å²) in [5, 5.41) is 0. The van der Waals surface area contributed by atoms with Crippen molar-refractivity contribution in [3.05, 3.63) is 68.1 Å². The Bertz CT molecular complexity index is 645. The van der Waals surface area contributed by atoms with Crippen molar-refractivity contribution in [3.63, 3.8) is 0 Å². The fourth-order valence-corrected chi connectivity index (χ4v) is 2.59. The largest absolute Gasteiger partial charge is 0.285 e. The quantitative estimate of drug-likeness (QED) is 0.531. The van der Waals surface area contributed by atoms with Crippen LogP contribution in [-0.2, 0) is 4.79 Å². The van der Waals surface area contributed by atoms with Crippen LogP contribution < -0.4 is 0 Å². The molecular formula is C16H11Br2O. The Balaban J connectivity index is 2.54. The molecule has 0 unspecified atom stereocenters. The number of allylic oxidation sites excluding steroid dienone is 1. The monoisotopic (exact) mass is 377 g/mol. The van der Waals surface area contributed by atoms with Crippen LogP contribution in [0.4, 0.5) is 0 Å². The van der Waals surface area contributed by atoms with E-state index < -0.39 is 0 Å². The van der Waals surface area contributed by atoms with Gasteiger partial charge in [-0.05, 0) is 42.3 Å². The topological polar surface area (TPSA) is 17.1 Å². The summed E-state index contributed by atoms with van der Waals surface area (Å²) in [5.41, 5.74) is 3.50. The maximum absolute atomic E-state index is 11.3. The van der Waals surface area contributed by atoms with Crippen LogP contribution >= 0.6 is 31.9 Å². The number of aryl methyl sites for hydroxylation is 1. The molecule has 0 bridgehead atoms. The molecule has 0 aromatic heterocycles. The van der Waals surface area contributed by atoms with Gasteiger partial charge in [-0.2, -0.15) is 0 Å². The Morgan fingerprint density at radius 3 is 2.58 bits per heavy atom. The third-order valence-corrected chi connectivity index (χ3v) is 4.00. The number of carbonyl (C=O) groups excluding carboxylic acids is 1. The number of halogens is 2. The van der Waals surface area contributed by atoms with Crippen LogP contribution in [0.25, 0.3) is 11.6 Å². The fraction of sp³-hybridized carbons (Fsp3) is 0.0625. The van der Waals surface area contributed by atoms with Crippen molar-refractivity contribution in [1.82, 2.24) is 0 Å². The molecule has 0 fully saturated rings. The normalized spacial score (nSPS) is 11.4. The molecule has 0 saturated carbocycles. The Hall–Kier alpha value is -1.19. The van der Waals surface area contributed by atoms with Crippen LogP contribution in [0.1, 0.15) is 16.7 Å². The van der Waals surface area contributed by atoms with Crippen LogP contribution in [-0.4, -0.2) is 6.29 Å². The van der Waals surface area contributed by atoms with E-state index in [1.54, 1.807) is 0 Å². The van der Waals surface area contributed by atoms with Gasteiger partial charge in [0.2, 0.25) is 6.29 Å². The Kier molecular flexibility index (Phi) is 4.72. The lowest BCUT2D eigenvalue weighted by molar-refractivity contribution is 0.565. The van der Waals surface area contributed by atoms with Gasteiger partial charge in [-0.3, -0.25) is 4.79 Å². The molecule has 0 spiro atoms. The van der Waals surface area contributed by atoms with Crippen LogP contribution in [0.3, 0.4) is 0 Å². The van der Waals surface area contributed by atoms with Gasteiger partial charge < -0.3 is 0 Å². The first-order valence-corrected chi connectivity index (χ1v) is 7.31. The minimum atomic E-state index is 0.530. The summed E-state index contributed by atoms with van der Waals surface area (Å²) in [6, 6.07) is 13.7. The van der Waals surface area contributed by atoms with Gasteiger partial charge in [-0.15, -0.1) is 0 Å². The smallest absolute Gasteiger partial charge is 0.234 e. The van der Waals surface area contributed by atoms with E-state index in [1.165, 1.54) is 0 Å². The molecule has 95 valence electrons. The van der Waals surface area contributed by atoms with E-state index in [9.17, 15) is 4.79 Å². The maximum atomic E-state index is 11.3. The lowest BCUT2D eigenvalue weighted by atomic mass is 10.0. The molecule has 0 aliphatic carbocycles. The van der Waals surface area contributed by atoms with Gasteiger partial charge in [0.1, 0.15) is 0 Å². The summed E-state index contributed by atoms with van der Waals surface area (Å²) >= 11 is 6.88. The molecule has 2 rings (SSSR count). The molecule has 0 aliphatic rings. The molecule has 0 heterocycles. The van der Waals surface area contributed by atoms with Crippen molar-refractivity contribution < 1.29 is 4.79 Å². The Morgan fingerprint density at radius 2 is 1.89 bits per heavy atom. The highest BCUT2D eigenvalue weighted by Crippen LogP contribution is 2.28. The van der Waals surface area contributed by atoms with Crippen LogP contribution in [0.5, 0.6) is 0 Å². The second-order valence-electron chi connectivity index (χ2n) is 4.14.